The molecule has 0 radical (unpaired) electrons. The van der Waals surface area contributed by atoms with Crippen LogP contribution in [0.4, 0.5) is 13.2 Å². The maximum Gasteiger partial charge on any atom is 0.490 e. The summed E-state index contributed by atoms with van der Waals surface area (Å²) in [5.74, 6) is -2.51. The third-order valence-electron chi connectivity index (χ3n) is 5.26. The van der Waals surface area contributed by atoms with Crippen molar-refractivity contribution in [3.8, 4) is 5.75 Å². The summed E-state index contributed by atoms with van der Waals surface area (Å²) < 4.78 is 64.1. The van der Waals surface area contributed by atoms with E-state index in [0.29, 0.717) is 43.8 Å². The number of carboxylic acids is 1. The molecular formula is C23H27F3N4O6S. The van der Waals surface area contributed by atoms with Crippen LogP contribution >= 0.6 is 0 Å². The number of hydrogen-bond donors (Lipinski definition) is 4. The molecule has 0 aromatic heterocycles. The van der Waals surface area contributed by atoms with Crippen molar-refractivity contribution in [1.82, 2.24) is 9.62 Å². The number of ether oxygens (including phenoxy) is 1. The van der Waals surface area contributed by atoms with Gasteiger partial charge < -0.3 is 20.9 Å². The lowest BCUT2D eigenvalue weighted by atomic mass is 9.97. The minimum Gasteiger partial charge on any atom is -0.492 e. The molecule has 1 fully saturated rings. The molecule has 5 N–H and O–H groups in total. The normalized spacial score (nSPS) is 14.7. The third-order valence-corrected chi connectivity index (χ3v) is 7.18. The van der Waals surface area contributed by atoms with Gasteiger partial charge in [-0.2, -0.15) is 17.5 Å². The number of halogens is 3. The molecule has 3 rings (SSSR count). The number of sulfonamides is 1. The lowest BCUT2D eigenvalue weighted by Gasteiger charge is -2.30. The lowest BCUT2D eigenvalue weighted by Crippen LogP contribution is -2.43. The van der Waals surface area contributed by atoms with Gasteiger partial charge in [-0.05, 0) is 37.1 Å². The first-order valence-corrected chi connectivity index (χ1v) is 12.5. The molecule has 0 unspecified atom stereocenters. The Morgan fingerprint density at radius 2 is 1.70 bits per heavy atom. The van der Waals surface area contributed by atoms with Crippen LogP contribution in [0.1, 0.15) is 18.4 Å². The van der Waals surface area contributed by atoms with Crippen LogP contribution in [0.2, 0.25) is 0 Å². The van der Waals surface area contributed by atoms with Crippen molar-refractivity contribution in [3.05, 3.63) is 60.2 Å². The molecule has 1 saturated heterocycles. The number of nitrogen functional groups attached to an aromatic ring is 1. The largest absolute Gasteiger partial charge is 0.492 e. The number of nitrogens with two attached hydrogens (primary N) is 1. The molecule has 0 spiro atoms. The smallest absolute Gasteiger partial charge is 0.490 e. The average Bonchev–Trinajstić information content (AvgIpc) is 2.87. The number of carbonyl (C=O) groups excluding carboxylic acids is 1. The van der Waals surface area contributed by atoms with Crippen LogP contribution in [0.25, 0.3) is 0 Å². The number of nitrogens with one attached hydrogen (secondary N) is 2. The molecule has 0 atom stereocenters. The Balaban J connectivity index is 0.000000604. The first-order chi connectivity index (χ1) is 17.3. The Hall–Kier alpha value is -3.65. The van der Waals surface area contributed by atoms with Gasteiger partial charge in [-0.15, -0.1) is 0 Å². The number of amides is 1. The SMILES string of the molecule is N=C(N)c1cccc(OCCNC(=O)C2CCN(S(=O)(=O)c3ccccc3)CC2)c1.O=C(O)C(F)(F)F. The van der Waals surface area contributed by atoms with Crippen LogP contribution in [0, 0.1) is 11.3 Å². The van der Waals surface area contributed by atoms with E-state index in [1.54, 1.807) is 54.6 Å². The molecule has 0 bridgehead atoms. The monoisotopic (exact) mass is 544 g/mol. The van der Waals surface area contributed by atoms with Crippen LogP contribution in [-0.4, -0.2) is 68.0 Å². The molecule has 1 aliphatic heterocycles. The highest BCUT2D eigenvalue weighted by Crippen LogP contribution is 2.24. The van der Waals surface area contributed by atoms with Gasteiger partial charge >= 0.3 is 12.1 Å². The Kier molecular flexibility index (Phi) is 10.4. The molecule has 10 nitrogen and oxygen atoms in total. The average molecular weight is 545 g/mol. The van der Waals surface area contributed by atoms with E-state index in [1.165, 1.54) is 4.31 Å². The molecular weight excluding hydrogens is 517 g/mol. The summed E-state index contributed by atoms with van der Waals surface area (Å²) in [6.45, 7) is 1.27. The maximum absolute atomic E-state index is 12.7. The van der Waals surface area contributed by atoms with Crippen molar-refractivity contribution >= 4 is 27.7 Å². The highest BCUT2D eigenvalue weighted by molar-refractivity contribution is 7.89. The number of nitrogens with zero attached hydrogens (tertiary/aromatic N) is 1. The Labute approximate surface area is 211 Å². The van der Waals surface area contributed by atoms with E-state index in [2.05, 4.69) is 5.32 Å². The molecule has 2 aromatic carbocycles. The second-order valence-corrected chi connectivity index (χ2v) is 9.81. The number of amidine groups is 1. The molecule has 0 saturated carbocycles. The number of benzene rings is 2. The van der Waals surface area contributed by atoms with E-state index in [4.69, 9.17) is 25.8 Å². The molecule has 1 heterocycles. The molecule has 1 amide bonds. The summed E-state index contributed by atoms with van der Waals surface area (Å²) in [4.78, 5) is 21.6. The van der Waals surface area contributed by atoms with Crippen LogP contribution in [-0.2, 0) is 19.6 Å². The Morgan fingerprint density at radius 1 is 1.11 bits per heavy atom. The fourth-order valence-corrected chi connectivity index (χ4v) is 4.83. The van der Waals surface area contributed by atoms with Crippen molar-refractivity contribution in [2.45, 2.75) is 23.9 Å². The van der Waals surface area contributed by atoms with Crippen molar-refractivity contribution in [2.24, 2.45) is 11.7 Å². The van der Waals surface area contributed by atoms with Gasteiger partial charge in [0.1, 0.15) is 18.2 Å². The number of carbonyl (C=O) groups is 2. The van der Waals surface area contributed by atoms with Gasteiger partial charge in [-0.25, -0.2) is 13.2 Å². The van der Waals surface area contributed by atoms with Gasteiger partial charge in [0.2, 0.25) is 15.9 Å². The summed E-state index contributed by atoms with van der Waals surface area (Å²) >= 11 is 0. The maximum atomic E-state index is 12.7. The number of rotatable bonds is 8. The highest BCUT2D eigenvalue weighted by Gasteiger charge is 2.38. The quantitative estimate of drug-likeness (QED) is 0.225. The summed E-state index contributed by atoms with van der Waals surface area (Å²) in [5.41, 5.74) is 6.04. The predicted octanol–water partition coefficient (Wildman–Crippen LogP) is 2.20. The third kappa shape index (κ3) is 9.06. The zero-order valence-corrected chi connectivity index (χ0v) is 20.4. The summed E-state index contributed by atoms with van der Waals surface area (Å²) in [6, 6.07) is 15.3. The van der Waals surface area contributed by atoms with Gasteiger partial charge in [-0.3, -0.25) is 10.2 Å². The van der Waals surface area contributed by atoms with Gasteiger partial charge in [0, 0.05) is 24.6 Å². The zero-order chi connectivity index (χ0) is 27.6. The number of carboxylic acid groups (broad SMARTS) is 1. The zero-order valence-electron chi connectivity index (χ0n) is 19.6. The minimum absolute atomic E-state index is 0.0330. The molecule has 0 aliphatic carbocycles. The summed E-state index contributed by atoms with van der Waals surface area (Å²) in [6.07, 6.45) is -4.11. The fourth-order valence-electron chi connectivity index (χ4n) is 3.34. The summed E-state index contributed by atoms with van der Waals surface area (Å²) in [7, 11) is -3.51. The van der Waals surface area contributed by atoms with Gasteiger partial charge in [-0.1, -0.05) is 30.3 Å². The topological polar surface area (TPSA) is 163 Å². The van der Waals surface area contributed by atoms with E-state index in [1.807, 2.05) is 0 Å². The Bertz CT molecular complexity index is 1180. The molecule has 37 heavy (non-hydrogen) atoms. The van der Waals surface area contributed by atoms with Gasteiger partial charge in [0.15, 0.2) is 0 Å². The van der Waals surface area contributed by atoms with Crippen molar-refractivity contribution in [1.29, 1.82) is 5.41 Å². The van der Waals surface area contributed by atoms with Crippen LogP contribution in [0.5, 0.6) is 5.75 Å². The van der Waals surface area contributed by atoms with E-state index >= 15 is 0 Å². The molecule has 1 aliphatic rings. The molecule has 2 aromatic rings. The standard InChI is InChI=1S/C21H26N4O4S.C2HF3O2/c22-20(23)17-5-4-6-18(15-17)29-14-11-24-21(26)16-9-12-25(13-10-16)30(27,28)19-7-2-1-3-8-19;3-2(4,5)1(6)7/h1-8,15-16H,9-14H2,(H3,22,23)(H,24,26);(H,6,7). The lowest BCUT2D eigenvalue weighted by molar-refractivity contribution is -0.192. The van der Waals surface area contributed by atoms with Crippen LogP contribution in [0.15, 0.2) is 59.5 Å². The van der Waals surface area contributed by atoms with Crippen molar-refractivity contribution < 1.29 is 41.0 Å². The van der Waals surface area contributed by atoms with E-state index < -0.39 is 22.2 Å². The first-order valence-electron chi connectivity index (χ1n) is 11.0. The van der Waals surface area contributed by atoms with Crippen molar-refractivity contribution in [3.63, 3.8) is 0 Å². The number of aliphatic carboxylic acids is 1. The van der Waals surface area contributed by atoms with Gasteiger partial charge in [0.05, 0.1) is 11.4 Å². The first kappa shape index (κ1) is 29.6. The number of piperidine rings is 1. The van der Waals surface area contributed by atoms with Crippen LogP contribution < -0.4 is 15.8 Å². The Morgan fingerprint density at radius 3 is 2.24 bits per heavy atom. The minimum atomic E-state index is -5.08. The second kappa shape index (κ2) is 13.1. The second-order valence-electron chi connectivity index (χ2n) is 7.88. The number of hydrogen-bond acceptors (Lipinski definition) is 6. The summed E-state index contributed by atoms with van der Waals surface area (Å²) in [5, 5.41) is 17.4. The van der Waals surface area contributed by atoms with Gasteiger partial charge in [0.25, 0.3) is 0 Å². The van der Waals surface area contributed by atoms with E-state index in [0.717, 1.165) is 0 Å². The van der Waals surface area contributed by atoms with Crippen LogP contribution in [0.3, 0.4) is 0 Å². The molecule has 202 valence electrons. The fraction of sp³-hybridized carbons (Fsp3) is 0.348. The van der Waals surface area contributed by atoms with E-state index in [-0.39, 0.29) is 29.2 Å². The molecule has 14 heteroatoms. The number of alkyl halides is 3. The van der Waals surface area contributed by atoms with E-state index in [9.17, 15) is 26.4 Å². The highest BCUT2D eigenvalue weighted by atomic mass is 32.2. The van der Waals surface area contributed by atoms with Crippen molar-refractivity contribution in [2.75, 3.05) is 26.2 Å². The predicted molar refractivity (Wildman–Crippen MR) is 128 cm³/mol.